The van der Waals surface area contributed by atoms with Gasteiger partial charge >= 0.3 is 0 Å². The first-order chi connectivity index (χ1) is 11.4. The van der Waals surface area contributed by atoms with Gasteiger partial charge in [0, 0.05) is 6.07 Å². The second kappa shape index (κ2) is 7.57. The number of anilines is 1. The summed E-state index contributed by atoms with van der Waals surface area (Å²) in [7, 11) is 0. The van der Waals surface area contributed by atoms with Crippen molar-refractivity contribution >= 4 is 11.6 Å². The first kappa shape index (κ1) is 17.4. The predicted octanol–water partition coefficient (Wildman–Crippen LogP) is 3.15. The van der Waals surface area contributed by atoms with Crippen LogP contribution in [0.1, 0.15) is 37.8 Å². The van der Waals surface area contributed by atoms with Crippen LogP contribution in [0.2, 0.25) is 0 Å². The van der Waals surface area contributed by atoms with E-state index in [4.69, 9.17) is 15.7 Å². The first-order valence-corrected chi connectivity index (χ1v) is 7.65. The Morgan fingerprint density at radius 1 is 1.29 bits per heavy atom. The van der Waals surface area contributed by atoms with Gasteiger partial charge in [-0.25, -0.2) is 4.98 Å². The molecule has 124 valence electrons. The van der Waals surface area contributed by atoms with Crippen molar-refractivity contribution < 1.29 is 9.53 Å². The molecule has 1 aromatic heterocycles. The quantitative estimate of drug-likeness (QED) is 0.879. The lowest BCUT2D eigenvalue weighted by atomic mass is 9.98. The number of nitrogens with two attached hydrogens (primary N) is 1. The maximum absolute atomic E-state index is 11.5. The molecule has 0 aliphatic rings. The highest BCUT2D eigenvalue weighted by atomic mass is 16.5. The van der Waals surface area contributed by atoms with Gasteiger partial charge in [-0.2, -0.15) is 5.26 Å². The summed E-state index contributed by atoms with van der Waals surface area (Å²) in [6.07, 6.45) is 1.50. The lowest BCUT2D eigenvalue weighted by Gasteiger charge is -2.11. The van der Waals surface area contributed by atoms with Crippen LogP contribution in [0.4, 0.5) is 5.69 Å². The summed E-state index contributed by atoms with van der Waals surface area (Å²) in [5.41, 5.74) is 7.61. The number of benzene rings is 1. The van der Waals surface area contributed by atoms with E-state index in [-0.39, 0.29) is 11.8 Å². The second-order valence-electron chi connectivity index (χ2n) is 5.78. The number of amides is 1. The normalized spacial score (nSPS) is 11.7. The Labute approximate surface area is 141 Å². The van der Waals surface area contributed by atoms with Crippen molar-refractivity contribution in [3.05, 3.63) is 47.7 Å². The number of hydrogen-bond donors (Lipinski definition) is 2. The van der Waals surface area contributed by atoms with Gasteiger partial charge in [0.05, 0.1) is 29.6 Å². The largest absolute Gasteiger partial charge is 0.439 e. The average Bonchev–Trinajstić information content (AvgIpc) is 2.56. The average molecular weight is 324 g/mol. The molecule has 1 amide bonds. The number of nitrogens with zero attached hydrogens (tertiary/aromatic N) is 2. The molecule has 24 heavy (non-hydrogen) atoms. The fourth-order valence-electron chi connectivity index (χ4n) is 2.08. The van der Waals surface area contributed by atoms with Crippen LogP contribution in [0.3, 0.4) is 0 Å². The van der Waals surface area contributed by atoms with E-state index in [0.29, 0.717) is 22.9 Å². The highest BCUT2D eigenvalue weighted by Gasteiger charge is 2.10. The molecule has 6 nitrogen and oxygen atoms in total. The highest BCUT2D eigenvalue weighted by Crippen LogP contribution is 2.27. The Balaban J connectivity index is 2.13. The summed E-state index contributed by atoms with van der Waals surface area (Å²) in [4.78, 5) is 15.7. The van der Waals surface area contributed by atoms with Crippen molar-refractivity contribution in [1.29, 1.82) is 5.26 Å². The molecule has 1 aromatic carbocycles. The van der Waals surface area contributed by atoms with Crippen molar-refractivity contribution in [2.24, 2.45) is 5.73 Å². The van der Waals surface area contributed by atoms with E-state index in [1.54, 1.807) is 31.2 Å². The fourth-order valence-corrected chi connectivity index (χ4v) is 2.08. The molecule has 0 spiro atoms. The van der Waals surface area contributed by atoms with Crippen LogP contribution in [0.15, 0.2) is 36.5 Å². The number of carbonyl (C=O) groups is 1. The molecule has 0 fully saturated rings. The van der Waals surface area contributed by atoms with E-state index in [1.807, 2.05) is 19.9 Å². The molecule has 2 rings (SSSR count). The molecule has 0 saturated heterocycles. The van der Waals surface area contributed by atoms with Gasteiger partial charge in [0.2, 0.25) is 11.8 Å². The summed E-state index contributed by atoms with van der Waals surface area (Å²) < 4.78 is 5.72. The number of pyridine rings is 1. The van der Waals surface area contributed by atoms with Gasteiger partial charge in [-0.05, 0) is 42.7 Å². The monoisotopic (exact) mass is 324 g/mol. The minimum absolute atomic E-state index is 0.215. The van der Waals surface area contributed by atoms with E-state index in [0.717, 1.165) is 5.56 Å². The molecular weight excluding hydrogens is 304 g/mol. The van der Waals surface area contributed by atoms with Crippen LogP contribution in [-0.4, -0.2) is 16.9 Å². The van der Waals surface area contributed by atoms with E-state index in [2.05, 4.69) is 16.4 Å². The van der Waals surface area contributed by atoms with Crippen molar-refractivity contribution in [2.45, 2.75) is 32.7 Å². The van der Waals surface area contributed by atoms with Gasteiger partial charge in [-0.1, -0.05) is 13.8 Å². The van der Waals surface area contributed by atoms with Crippen LogP contribution >= 0.6 is 0 Å². The van der Waals surface area contributed by atoms with Gasteiger partial charge < -0.3 is 15.8 Å². The summed E-state index contributed by atoms with van der Waals surface area (Å²) in [6.45, 7) is 5.65. The molecule has 0 radical (unpaired) electrons. The van der Waals surface area contributed by atoms with Crippen molar-refractivity contribution in [3.8, 4) is 17.7 Å². The summed E-state index contributed by atoms with van der Waals surface area (Å²) in [5.74, 6) is 0.942. The zero-order chi connectivity index (χ0) is 17.7. The van der Waals surface area contributed by atoms with Gasteiger partial charge in [0.15, 0.2) is 0 Å². The number of nitriles is 1. The molecule has 1 heterocycles. The zero-order valence-corrected chi connectivity index (χ0v) is 13.9. The summed E-state index contributed by atoms with van der Waals surface area (Å²) >= 11 is 0. The minimum Gasteiger partial charge on any atom is -0.439 e. The molecule has 0 aliphatic heterocycles. The Hall–Kier alpha value is -2.91. The Morgan fingerprint density at radius 3 is 2.58 bits per heavy atom. The third-order valence-corrected chi connectivity index (χ3v) is 3.41. The van der Waals surface area contributed by atoms with E-state index >= 15 is 0 Å². The van der Waals surface area contributed by atoms with Gasteiger partial charge in [-0.3, -0.25) is 4.79 Å². The summed E-state index contributed by atoms with van der Waals surface area (Å²) in [6, 6.07) is 10.3. The first-order valence-electron chi connectivity index (χ1n) is 7.65. The zero-order valence-electron chi connectivity index (χ0n) is 13.9. The lowest BCUT2D eigenvalue weighted by Crippen LogP contribution is -2.32. The van der Waals surface area contributed by atoms with Crippen LogP contribution in [0.5, 0.6) is 11.6 Å². The standard InChI is InChI=1S/C18H20N4O2/c1-11(2)16-8-15(6-4-13(16)9-19)24-17-7-5-14(10-21-17)22-18(23)12(3)20/h4-8,10-12H,20H2,1-3H3,(H,22,23)/t12-/m1/s1. The van der Waals surface area contributed by atoms with Crippen molar-refractivity contribution in [3.63, 3.8) is 0 Å². The van der Waals surface area contributed by atoms with Crippen molar-refractivity contribution in [1.82, 2.24) is 4.98 Å². The Bertz CT molecular complexity index is 762. The SMILES string of the molecule is CC(C)c1cc(Oc2ccc(NC(=O)[C@@H](C)N)cn2)ccc1C#N. The summed E-state index contributed by atoms with van der Waals surface area (Å²) in [5, 5.41) is 11.8. The predicted molar refractivity (Wildman–Crippen MR) is 91.8 cm³/mol. The number of aromatic nitrogens is 1. The number of nitrogens with one attached hydrogen (secondary N) is 1. The molecule has 0 bridgehead atoms. The molecule has 0 aliphatic carbocycles. The number of hydrogen-bond acceptors (Lipinski definition) is 5. The lowest BCUT2D eigenvalue weighted by molar-refractivity contribution is -0.117. The Kier molecular flexibility index (Phi) is 5.51. The molecular formula is C18H20N4O2. The third kappa shape index (κ3) is 4.31. The topological polar surface area (TPSA) is 101 Å². The van der Waals surface area contributed by atoms with Crippen LogP contribution in [0, 0.1) is 11.3 Å². The maximum Gasteiger partial charge on any atom is 0.241 e. The van der Waals surface area contributed by atoms with E-state index < -0.39 is 6.04 Å². The van der Waals surface area contributed by atoms with Crippen LogP contribution in [0.25, 0.3) is 0 Å². The molecule has 0 unspecified atom stereocenters. The van der Waals surface area contributed by atoms with E-state index in [1.165, 1.54) is 6.20 Å². The molecule has 3 N–H and O–H groups in total. The minimum atomic E-state index is -0.589. The van der Waals surface area contributed by atoms with Crippen molar-refractivity contribution in [2.75, 3.05) is 5.32 Å². The molecule has 1 atom stereocenters. The van der Waals surface area contributed by atoms with Gasteiger partial charge in [-0.15, -0.1) is 0 Å². The fraction of sp³-hybridized carbons (Fsp3) is 0.278. The molecule has 2 aromatic rings. The highest BCUT2D eigenvalue weighted by molar-refractivity contribution is 5.94. The van der Waals surface area contributed by atoms with E-state index in [9.17, 15) is 4.79 Å². The maximum atomic E-state index is 11.5. The second-order valence-corrected chi connectivity index (χ2v) is 5.78. The number of rotatable bonds is 5. The molecule has 6 heteroatoms. The number of ether oxygens (including phenoxy) is 1. The van der Waals surface area contributed by atoms with Crippen LogP contribution < -0.4 is 15.8 Å². The molecule has 0 saturated carbocycles. The number of carbonyl (C=O) groups excluding carboxylic acids is 1. The van der Waals surface area contributed by atoms with Gasteiger partial charge in [0.25, 0.3) is 0 Å². The third-order valence-electron chi connectivity index (χ3n) is 3.41. The smallest absolute Gasteiger partial charge is 0.241 e. The Morgan fingerprint density at radius 2 is 2.04 bits per heavy atom. The van der Waals surface area contributed by atoms with Gasteiger partial charge in [0.1, 0.15) is 5.75 Å². The van der Waals surface area contributed by atoms with Crippen LogP contribution in [-0.2, 0) is 4.79 Å².